The van der Waals surface area contributed by atoms with Gasteiger partial charge in [-0.05, 0) is 18.1 Å². The topological polar surface area (TPSA) is 75.1 Å². The molecule has 0 aliphatic rings. The molecule has 160 valence electrons. The maximum absolute atomic E-state index is 13.7. The van der Waals surface area contributed by atoms with Crippen LogP contribution < -0.4 is 10.1 Å². The van der Waals surface area contributed by atoms with Crippen molar-refractivity contribution in [1.29, 1.82) is 5.41 Å². The van der Waals surface area contributed by atoms with Crippen LogP contribution in [0.1, 0.15) is 35.3 Å². The zero-order valence-electron chi connectivity index (χ0n) is 17.9. The molecule has 0 saturated heterocycles. The molecule has 0 fully saturated rings. The zero-order chi connectivity index (χ0) is 22.3. The van der Waals surface area contributed by atoms with Crippen LogP contribution in [0, 0.1) is 5.41 Å². The van der Waals surface area contributed by atoms with E-state index < -0.39 is 0 Å². The van der Waals surface area contributed by atoms with E-state index in [4.69, 9.17) is 15.1 Å². The minimum absolute atomic E-state index is 0.0516. The number of hydrogen-bond acceptors (Lipinski definition) is 4. The molecule has 0 aliphatic heterocycles. The van der Waals surface area contributed by atoms with Gasteiger partial charge in [0.1, 0.15) is 12.3 Å². The minimum Gasteiger partial charge on any atom is -0.485 e. The number of para-hydroxylation sites is 1. The summed E-state index contributed by atoms with van der Waals surface area (Å²) in [6, 6.07) is 27.0. The number of aromatic nitrogens is 1. The van der Waals surface area contributed by atoms with Crippen LogP contribution in [0.4, 0.5) is 0 Å². The monoisotopic (exact) mass is 423 g/mol. The number of amides is 1. The molecule has 4 aromatic rings. The van der Waals surface area contributed by atoms with Crippen molar-refractivity contribution in [3.63, 3.8) is 0 Å². The lowest BCUT2D eigenvalue weighted by molar-refractivity contribution is 0.0934. The number of benzene rings is 3. The molecule has 1 amide bonds. The second-order valence-electron chi connectivity index (χ2n) is 7.41. The molecule has 3 aromatic carbocycles. The molecule has 1 heterocycles. The number of nitrogens with one attached hydrogen (secondary N) is 2. The summed E-state index contributed by atoms with van der Waals surface area (Å²) < 4.78 is 5.96. The van der Waals surface area contributed by atoms with Gasteiger partial charge < -0.3 is 15.5 Å². The van der Waals surface area contributed by atoms with Gasteiger partial charge in [0.05, 0.1) is 17.1 Å². The predicted molar refractivity (Wildman–Crippen MR) is 128 cm³/mol. The van der Waals surface area contributed by atoms with Gasteiger partial charge in [-0.3, -0.25) is 4.79 Å². The lowest BCUT2D eigenvalue weighted by Crippen LogP contribution is -2.29. The van der Waals surface area contributed by atoms with Gasteiger partial charge in [0, 0.05) is 17.2 Å². The van der Waals surface area contributed by atoms with E-state index in [1.165, 1.54) is 6.21 Å². The normalized spacial score (nSPS) is 11.7. The predicted octanol–water partition coefficient (Wildman–Crippen LogP) is 5.81. The quantitative estimate of drug-likeness (QED) is 0.351. The fourth-order valence-electron chi connectivity index (χ4n) is 3.81. The summed E-state index contributed by atoms with van der Waals surface area (Å²) in [7, 11) is 0. The summed E-state index contributed by atoms with van der Waals surface area (Å²) in [6.07, 6.45) is 1.92. The highest BCUT2D eigenvalue weighted by Crippen LogP contribution is 2.36. The fraction of sp³-hybridized carbons (Fsp3) is 0.148. The van der Waals surface area contributed by atoms with Crippen molar-refractivity contribution >= 4 is 23.0 Å². The summed E-state index contributed by atoms with van der Waals surface area (Å²) in [5.74, 6) is 0.162. The molecule has 0 spiro atoms. The highest BCUT2D eigenvalue weighted by atomic mass is 16.5. The number of pyridine rings is 1. The van der Waals surface area contributed by atoms with Gasteiger partial charge in [-0.25, -0.2) is 4.98 Å². The molecule has 32 heavy (non-hydrogen) atoms. The van der Waals surface area contributed by atoms with Gasteiger partial charge in [-0.2, -0.15) is 0 Å². The van der Waals surface area contributed by atoms with Gasteiger partial charge in [0.2, 0.25) is 0 Å². The number of nitrogens with zero attached hydrogens (tertiary/aromatic N) is 1. The van der Waals surface area contributed by atoms with E-state index in [0.717, 1.165) is 17.5 Å². The molecule has 1 atom stereocenters. The summed E-state index contributed by atoms with van der Waals surface area (Å²) in [5, 5.41) is 11.4. The van der Waals surface area contributed by atoms with Crippen LogP contribution in [-0.4, -0.2) is 23.7 Å². The Morgan fingerprint density at radius 3 is 2.34 bits per heavy atom. The Morgan fingerprint density at radius 1 is 1.00 bits per heavy atom. The Kier molecular flexibility index (Phi) is 6.56. The highest BCUT2D eigenvalue weighted by molar-refractivity contribution is 6.10. The van der Waals surface area contributed by atoms with E-state index in [9.17, 15) is 4.79 Å². The second-order valence-corrected chi connectivity index (χ2v) is 7.41. The number of rotatable bonds is 8. The number of fused-ring (bicyclic) bond motifs is 1. The minimum atomic E-state index is -0.225. The summed E-state index contributed by atoms with van der Waals surface area (Å²) in [5.41, 5.74) is 3.63. The average Bonchev–Trinajstić information content (AvgIpc) is 2.86. The van der Waals surface area contributed by atoms with Crippen LogP contribution in [0.2, 0.25) is 0 Å². The van der Waals surface area contributed by atoms with Crippen LogP contribution in [-0.2, 0) is 0 Å². The third kappa shape index (κ3) is 4.37. The van der Waals surface area contributed by atoms with Crippen LogP contribution in [0.5, 0.6) is 5.75 Å². The zero-order valence-corrected chi connectivity index (χ0v) is 17.9. The third-order valence-corrected chi connectivity index (χ3v) is 5.35. The fourth-order valence-corrected chi connectivity index (χ4v) is 3.81. The smallest absolute Gasteiger partial charge is 0.256 e. The molecule has 0 radical (unpaired) electrons. The summed E-state index contributed by atoms with van der Waals surface area (Å²) >= 11 is 0. The maximum Gasteiger partial charge on any atom is 0.256 e. The van der Waals surface area contributed by atoms with E-state index in [0.29, 0.717) is 27.9 Å². The first-order chi connectivity index (χ1) is 15.7. The van der Waals surface area contributed by atoms with Crippen LogP contribution in [0.3, 0.4) is 0 Å². The Bertz CT molecular complexity index is 1220. The van der Waals surface area contributed by atoms with Gasteiger partial charge in [-0.15, -0.1) is 0 Å². The molecule has 4 rings (SSSR count). The average molecular weight is 424 g/mol. The maximum atomic E-state index is 13.7. The molecule has 0 unspecified atom stereocenters. The number of carbonyl (C=O) groups excluding carboxylic acids is 1. The number of ether oxygens (including phenoxy) is 1. The van der Waals surface area contributed by atoms with E-state index in [2.05, 4.69) is 5.32 Å². The molecule has 0 aliphatic carbocycles. The van der Waals surface area contributed by atoms with Crippen LogP contribution >= 0.6 is 0 Å². The van der Waals surface area contributed by atoms with Crippen molar-refractivity contribution in [3.05, 3.63) is 96.1 Å². The largest absolute Gasteiger partial charge is 0.485 e. The first-order valence-corrected chi connectivity index (χ1v) is 10.7. The Balaban J connectivity index is 1.88. The lowest BCUT2D eigenvalue weighted by Gasteiger charge is -2.21. The van der Waals surface area contributed by atoms with Gasteiger partial charge in [0.15, 0.2) is 5.75 Å². The SMILES string of the molecule is CC[C@H](NC(=O)c1c(OCC=N)c(-c2ccccc2)nc2ccccc12)c1ccccc1. The molecule has 1 aromatic heterocycles. The van der Waals surface area contributed by atoms with Crippen molar-refractivity contribution in [2.75, 3.05) is 6.61 Å². The molecule has 2 N–H and O–H groups in total. The highest BCUT2D eigenvalue weighted by Gasteiger charge is 2.25. The van der Waals surface area contributed by atoms with Crippen molar-refractivity contribution in [2.24, 2.45) is 0 Å². The number of carbonyl (C=O) groups is 1. The Hall–Kier alpha value is -3.99. The molecular weight excluding hydrogens is 398 g/mol. The molecule has 5 heteroatoms. The van der Waals surface area contributed by atoms with Crippen molar-refractivity contribution in [2.45, 2.75) is 19.4 Å². The van der Waals surface area contributed by atoms with Crippen molar-refractivity contribution in [3.8, 4) is 17.0 Å². The first-order valence-electron chi connectivity index (χ1n) is 10.7. The van der Waals surface area contributed by atoms with Crippen molar-refractivity contribution < 1.29 is 9.53 Å². The lowest BCUT2D eigenvalue weighted by atomic mass is 10.00. The Morgan fingerprint density at radius 2 is 1.66 bits per heavy atom. The summed E-state index contributed by atoms with van der Waals surface area (Å²) in [6.45, 7) is 2.10. The molecule has 5 nitrogen and oxygen atoms in total. The number of hydrogen-bond donors (Lipinski definition) is 2. The summed E-state index contributed by atoms with van der Waals surface area (Å²) in [4.78, 5) is 18.5. The third-order valence-electron chi connectivity index (χ3n) is 5.35. The van der Waals surface area contributed by atoms with Crippen molar-refractivity contribution in [1.82, 2.24) is 10.3 Å². The van der Waals surface area contributed by atoms with E-state index >= 15 is 0 Å². The van der Waals surface area contributed by atoms with E-state index in [1.807, 2.05) is 91.9 Å². The van der Waals surface area contributed by atoms with Gasteiger partial charge in [-0.1, -0.05) is 85.8 Å². The molecular formula is C27H25N3O2. The Labute approximate surface area is 187 Å². The molecule has 0 bridgehead atoms. The van der Waals surface area contributed by atoms with E-state index in [1.54, 1.807) is 0 Å². The van der Waals surface area contributed by atoms with Crippen LogP contribution in [0.25, 0.3) is 22.2 Å². The van der Waals surface area contributed by atoms with Crippen LogP contribution in [0.15, 0.2) is 84.9 Å². The first kappa shape index (κ1) is 21.2. The standard InChI is InChI=1S/C27H25N3O2/c1-2-22(19-11-5-3-6-12-19)30-27(31)24-21-15-9-10-16-23(21)29-25(26(24)32-18-17-28)20-13-7-4-8-14-20/h3-17,22,28H,2,18H2,1H3,(H,30,31)/t22-/m0/s1. The van der Waals surface area contributed by atoms with E-state index in [-0.39, 0.29) is 18.6 Å². The van der Waals surface area contributed by atoms with Gasteiger partial charge in [0.25, 0.3) is 5.91 Å². The van der Waals surface area contributed by atoms with Gasteiger partial charge >= 0.3 is 0 Å². The second kappa shape index (κ2) is 9.88. The molecule has 0 saturated carbocycles.